The predicted molar refractivity (Wildman–Crippen MR) is 88.1 cm³/mol. The predicted octanol–water partition coefficient (Wildman–Crippen LogP) is 4.65. The Balaban J connectivity index is 2.04. The highest BCUT2D eigenvalue weighted by Crippen LogP contribution is 2.23. The van der Waals surface area contributed by atoms with Gasteiger partial charge in [0.1, 0.15) is 5.01 Å². The summed E-state index contributed by atoms with van der Waals surface area (Å²) in [4.78, 5) is 4.72. The fourth-order valence-corrected chi connectivity index (χ4v) is 2.74. The van der Waals surface area contributed by atoms with E-state index in [1.165, 1.54) is 17.5 Å². The smallest absolute Gasteiger partial charge is 0.107 e. The third-order valence-electron chi connectivity index (χ3n) is 3.11. The number of nitrogens with zero attached hydrogens (tertiary/aromatic N) is 1. The van der Waals surface area contributed by atoms with Crippen molar-refractivity contribution in [2.24, 2.45) is 0 Å². The van der Waals surface area contributed by atoms with Crippen LogP contribution >= 0.6 is 11.3 Å². The number of thiazole rings is 1. The summed E-state index contributed by atoms with van der Waals surface area (Å²) in [5, 5.41) is 6.77. The Labute approximate surface area is 126 Å². The van der Waals surface area contributed by atoms with E-state index in [9.17, 15) is 0 Å². The summed E-state index contributed by atoms with van der Waals surface area (Å²) in [5.41, 5.74) is 3.83. The van der Waals surface area contributed by atoms with Crippen molar-refractivity contribution in [2.75, 3.05) is 0 Å². The van der Waals surface area contributed by atoms with Gasteiger partial charge in [0.05, 0.1) is 5.69 Å². The lowest BCUT2D eigenvalue weighted by Crippen LogP contribution is -2.34. The van der Waals surface area contributed by atoms with Crippen molar-refractivity contribution < 1.29 is 0 Å². The average Bonchev–Trinajstić information content (AvgIpc) is 2.86. The molecule has 2 aromatic rings. The molecule has 0 radical (unpaired) electrons. The van der Waals surface area contributed by atoms with Gasteiger partial charge in [-0.1, -0.05) is 37.6 Å². The van der Waals surface area contributed by atoms with Crippen LogP contribution in [0.4, 0.5) is 0 Å². The summed E-state index contributed by atoms with van der Waals surface area (Å²) in [6.07, 6.45) is 2.34. The van der Waals surface area contributed by atoms with E-state index >= 15 is 0 Å². The molecule has 1 aromatic heterocycles. The molecule has 0 atom stereocenters. The van der Waals surface area contributed by atoms with E-state index in [-0.39, 0.29) is 5.54 Å². The fourth-order valence-electron chi connectivity index (χ4n) is 2.00. The van der Waals surface area contributed by atoms with Crippen molar-refractivity contribution in [2.45, 2.75) is 52.6 Å². The van der Waals surface area contributed by atoms with Crippen molar-refractivity contribution in [3.05, 3.63) is 40.2 Å². The molecule has 0 aliphatic heterocycles. The first-order valence-corrected chi connectivity index (χ1v) is 8.14. The van der Waals surface area contributed by atoms with Crippen LogP contribution in [-0.4, -0.2) is 10.5 Å². The first kappa shape index (κ1) is 15.2. The Hall–Kier alpha value is -1.19. The van der Waals surface area contributed by atoms with Crippen LogP contribution in [0.2, 0.25) is 0 Å². The van der Waals surface area contributed by atoms with Crippen LogP contribution in [0.5, 0.6) is 0 Å². The van der Waals surface area contributed by atoms with Gasteiger partial charge in [0.25, 0.3) is 0 Å². The average molecular weight is 288 g/mol. The maximum Gasteiger partial charge on any atom is 0.107 e. The van der Waals surface area contributed by atoms with Gasteiger partial charge in [0.2, 0.25) is 0 Å². The third kappa shape index (κ3) is 4.43. The summed E-state index contributed by atoms with van der Waals surface area (Å²) >= 11 is 1.73. The van der Waals surface area contributed by atoms with Gasteiger partial charge in [-0.3, -0.25) is 0 Å². The van der Waals surface area contributed by atoms with Crippen LogP contribution in [0.15, 0.2) is 29.6 Å². The Morgan fingerprint density at radius 2 is 1.85 bits per heavy atom. The SMILES string of the molecule is CCCc1ccc(-c2csc(CNC(C)(C)C)n2)cc1. The monoisotopic (exact) mass is 288 g/mol. The molecule has 1 heterocycles. The zero-order valence-electron chi connectivity index (χ0n) is 12.9. The van der Waals surface area contributed by atoms with Crippen molar-refractivity contribution in [1.29, 1.82) is 0 Å². The van der Waals surface area contributed by atoms with E-state index < -0.39 is 0 Å². The van der Waals surface area contributed by atoms with Crippen molar-refractivity contribution >= 4 is 11.3 Å². The van der Waals surface area contributed by atoms with Gasteiger partial charge >= 0.3 is 0 Å². The zero-order chi connectivity index (χ0) is 14.6. The minimum absolute atomic E-state index is 0.133. The molecular weight excluding hydrogens is 264 g/mol. The highest BCUT2D eigenvalue weighted by molar-refractivity contribution is 7.09. The van der Waals surface area contributed by atoms with Crippen molar-refractivity contribution in [3.8, 4) is 11.3 Å². The number of aromatic nitrogens is 1. The number of aryl methyl sites for hydroxylation is 1. The lowest BCUT2D eigenvalue weighted by atomic mass is 10.1. The second-order valence-electron chi connectivity index (χ2n) is 6.18. The highest BCUT2D eigenvalue weighted by atomic mass is 32.1. The lowest BCUT2D eigenvalue weighted by Gasteiger charge is -2.19. The molecule has 0 amide bonds. The van der Waals surface area contributed by atoms with Crippen molar-refractivity contribution in [3.63, 3.8) is 0 Å². The Bertz CT molecular complexity index is 535. The molecule has 0 aliphatic rings. The molecule has 0 saturated carbocycles. The maximum atomic E-state index is 4.72. The molecule has 108 valence electrons. The largest absolute Gasteiger partial charge is 0.306 e. The Morgan fingerprint density at radius 3 is 2.45 bits per heavy atom. The quantitative estimate of drug-likeness (QED) is 0.866. The molecule has 0 saturated heterocycles. The van der Waals surface area contributed by atoms with Crippen LogP contribution in [-0.2, 0) is 13.0 Å². The summed E-state index contributed by atoms with van der Waals surface area (Å²) in [7, 11) is 0. The van der Waals surface area contributed by atoms with Gasteiger partial charge in [0.15, 0.2) is 0 Å². The van der Waals surface area contributed by atoms with E-state index in [1.807, 2.05) is 0 Å². The Kier molecular flexibility index (Phi) is 4.95. The van der Waals surface area contributed by atoms with Gasteiger partial charge in [-0.05, 0) is 32.8 Å². The lowest BCUT2D eigenvalue weighted by molar-refractivity contribution is 0.424. The number of benzene rings is 1. The first-order chi connectivity index (χ1) is 9.48. The molecule has 1 N–H and O–H groups in total. The molecule has 2 rings (SSSR count). The first-order valence-electron chi connectivity index (χ1n) is 7.26. The molecule has 0 spiro atoms. The molecular formula is C17H24N2S. The van der Waals surface area contributed by atoms with Gasteiger partial charge < -0.3 is 5.32 Å². The van der Waals surface area contributed by atoms with Crippen LogP contribution in [0, 0.1) is 0 Å². The van der Waals surface area contributed by atoms with Crippen molar-refractivity contribution in [1.82, 2.24) is 10.3 Å². The third-order valence-corrected chi connectivity index (χ3v) is 3.96. The topological polar surface area (TPSA) is 24.9 Å². The molecule has 0 aliphatic carbocycles. The number of rotatable bonds is 5. The summed E-state index contributed by atoms with van der Waals surface area (Å²) in [6.45, 7) is 9.57. The second kappa shape index (κ2) is 6.51. The summed E-state index contributed by atoms with van der Waals surface area (Å²) in [6, 6.07) is 8.79. The number of nitrogens with one attached hydrogen (secondary N) is 1. The molecule has 1 aromatic carbocycles. The van der Waals surface area contributed by atoms with Crippen LogP contribution in [0.1, 0.15) is 44.7 Å². The molecule has 0 unspecified atom stereocenters. The number of hydrogen-bond donors (Lipinski definition) is 1. The minimum atomic E-state index is 0.133. The minimum Gasteiger partial charge on any atom is -0.306 e. The molecule has 0 fully saturated rings. The van der Waals surface area contributed by atoms with Crippen LogP contribution in [0.3, 0.4) is 0 Å². The van der Waals surface area contributed by atoms with Gasteiger partial charge in [0, 0.05) is 23.0 Å². The second-order valence-corrected chi connectivity index (χ2v) is 7.12. The van der Waals surface area contributed by atoms with Crippen LogP contribution < -0.4 is 5.32 Å². The Morgan fingerprint density at radius 1 is 1.15 bits per heavy atom. The zero-order valence-corrected chi connectivity index (χ0v) is 13.7. The van der Waals surface area contributed by atoms with E-state index in [2.05, 4.69) is 62.7 Å². The van der Waals surface area contributed by atoms with Gasteiger partial charge in [-0.2, -0.15) is 0 Å². The molecule has 20 heavy (non-hydrogen) atoms. The fraction of sp³-hybridized carbons (Fsp3) is 0.471. The normalized spacial score (nSPS) is 11.8. The highest BCUT2D eigenvalue weighted by Gasteiger charge is 2.10. The number of hydrogen-bond acceptors (Lipinski definition) is 3. The maximum absolute atomic E-state index is 4.72. The van der Waals surface area contributed by atoms with E-state index in [0.717, 1.165) is 23.7 Å². The molecule has 0 bridgehead atoms. The van der Waals surface area contributed by atoms with Crippen LogP contribution in [0.25, 0.3) is 11.3 Å². The standard InChI is InChI=1S/C17H24N2S/c1-5-6-13-7-9-14(10-8-13)15-12-20-16(19-15)11-18-17(2,3)4/h7-10,12,18H,5-6,11H2,1-4H3. The molecule has 2 nitrogen and oxygen atoms in total. The van der Waals surface area contributed by atoms with Gasteiger partial charge in [-0.15, -0.1) is 11.3 Å². The van der Waals surface area contributed by atoms with E-state index in [4.69, 9.17) is 4.98 Å². The summed E-state index contributed by atoms with van der Waals surface area (Å²) < 4.78 is 0. The van der Waals surface area contributed by atoms with Gasteiger partial charge in [-0.25, -0.2) is 4.98 Å². The van der Waals surface area contributed by atoms with E-state index in [0.29, 0.717) is 0 Å². The van der Waals surface area contributed by atoms with E-state index in [1.54, 1.807) is 11.3 Å². The summed E-state index contributed by atoms with van der Waals surface area (Å²) in [5.74, 6) is 0. The molecule has 3 heteroatoms.